The number of fused-ring (bicyclic) bond motifs is 1. The number of halogens is 1. The van der Waals surface area contributed by atoms with Crippen molar-refractivity contribution in [2.24, 2.45) is 0 Å². The molecule has 0 spiro atoms. The fourth-order valence-corrected chi connectivity index (χ4v) is 3.85. The molecule has 0 bridgehead atoms. The van der Waals surface area contributed by atoms with Gasteiger partial charge in [0.1, 0.15) is 0 Å². The van der Waals surface area contributed by atoms with Crippen molar-refractivity contribution in [3.8, 4) is 11.3 Å². The number of benzene rings is 2. The molecule has 0 amide bonds. The molecule has 5 rings (SSSR count). The van der Waals surface area contributed by atoms with Gasteiger partial charge < -0.3 is 4.98 Å². The molecular formula is C23H18ClN5O. The zero-order chi connectivity index (χ0) is 20.5. The van der Waals surface area contributed by atoms with Gasteiger partial charge in [0.2, 0.25) is 0 Å². The molecule has 0 aliphatic heterocycles. The molecule has 148 valence electrons. The van der Waals surface area contributed by atoms with Gasteiger partial charge in [-0.25, -0.2) is 9.78 Å². The molecule has 0 saturated heterocycles. The third-order valence-electron chi connectivity index (χ3n) is 5.16. The monoisotopic (exact) mass is 415 g/mol. The summed E-state index contributed by atoms with van der Waals surface area (Å²) in [6.45, 7) is 0. The lowest BCUT2D eigenvalue weighted by molar-refractivity contribution is 0.568. The molecule has 3 aromatic heterocycles. The predicted molar refractivity (Wildman–Crippen MR) is 118 cm³/mol. The second kappa shape index (κ2) is 7.65. The lowest BCUT2D eigenvalue weighted by Crippen LogP contribution is -2.25. The number of aromatic amines is 2. The van der Waals surface area contributed by atoms with Gasteiger partial charge in [-0.1, -0.05) is 54.1 Å². The van der Waals surface area contributed by atoms with E-state index in [1.54, 1.807) is 16.8 Å². The van der Waals surface area contributed by atoms with Crippen molar-refractivity contribution in [3.63, 3.8) is 0 Å². The molecule has 30 heavy (non-hydrogen) atoms. The van der Waals surface area contributed by atoms with Gasteiger partial charge in [-0.3, -0.25) is 9.67 Å². The van der Waals surface area contributed by atoms with Crippen LogP contribution in [-0.2, 0) is 6.42 Å². The molecule has 0 fully saturated rings. The van der Waals surface area contributed by atoms with Crippen molar-refractivity contribution >= 4 is 22.8 Å². The molecule has 1 unspecified atom stereocenters. The second-order valence-electron chi connectivity index (χ2n) is 7.09. The largest absolute Gasteiger partial charge is 0.328 e. The summed E-state index contributed by atoms with van der Waals surface area (Å²) < 4.78 is 1.70. The van der Waals surface area contributed by atoms with E-state index in [-0.39, 0.29) is 11.7 Å². The highest BCUT2D eigenvalue weighted by molar-refractivity contribution is 6.30. The summed E-state index contributed by atoms with van der Waals surface area (Å²) >= 11 is 6.10. The van der Waals surface area contributed by atoms with Crippen LogP contribution in [0.15, 0.2) is 83.8 Å². The topological polar surface area (TPSA) is 79.4 Å². The zero-order valence-corrected chi connectivity index (χ0v) is 16.7. The van der Waals surface area contributed by atoms with Crippen molar-refractivity contribution in [1.29, 1.82) is 0 Å². The quantitative estimate of drug-likeness (QED) is 0.440. The van der Waals surface area contributed by atoms with Crippen LogP contribution in [0.25, 0.3) is 22.4 Å². The summed E-state index contributed by atoms with van der Waals surface area (Å²) in [5, 5.41) is 8.23. The van der Waals surface area contributed by atoms with Crippen molar-refractivity contribution in [2.75, 3.05) is 0 Å². The maximum absolute atomic E-state index is 12.9. The van der Waals surface area contributed by atoms with E-state index in [4.69, 9.17) is 11.6 Å². The van der Waals surface area contributed by atoms with Crippen LogP contribution >= 0.6 is 11.6 Å². The first kappa shape index (κ1) is 18.4. The molecule has 6 nitrogen and oxygen atoms in total. The number of rotatable bonds is 5. The van der Waals surface area contributed by atoms with Crippen LogP contribution in [0.1, 0.15) is 17.3 Å². The van der Waals surface area contributed by atoms with Crippen LogP contribution in [0.4, 0.5) is 0 Å². The Morgan fingerprint density at radius 1 is 1.00 bits per heavy atom. The first-order chi connectivity index (χ1) is 14.7. The second-order valence-corrected chi connectivity index (χ2v) is 7.53. The number of imidazole rings is 1. The van der Waals surface area contributed by atoms with Crippen molar-refractivity contribution < 1.29 is 0 Å². The Balaban J connectivity index is 1.59. The van der Waals surface area contributed by atoms with Gasteiger partial charge in [0.15, 0.2) is 5.65 Å². The van der Waals surface area contributed by atoms with Crippen LogP contribution in [0.3, 0.4) is 0 Å². The van der Waals surface area contributed by atoms with Crippen LogP contribution in [0.2, 0.25) is 5.02 Å². The Morgan fingerprint density at radius 2 is 1.80 bits per heavy atom. The zero-order valence-electron chi connectivity index (χ0n) is 15.9. The predicted octanol–water partition coefficient (Wildman–Crippen LogP) is 4.60. The Bertz CT molecular complexity index is 1350. The van der Waals surface area contributed by atoms with Gasteiger partial charge in [0.25, 0.3) is 0 Å². The van der Waals surface area contributed by atoms with Crippen molar-refractivity contribution in [2.45, 2.75) is 12.5 Å². The van der Waals surface area contributed by atoms with Crippen LogP contribution in [0.5, 0.6) is 0 Å². The number of hydrogen-bond donors (Lipinski definition) is 2. The minimum Gasteiger partial charge on any atom is -0.304 e. The lowest BCUT2D eigenvalue weighted by Gasteiger charge is -2.18. The molecule has 3 heterocycles. The summed E-state index contributed by atoms with van der Waals surface area (Å²) in [4.78, 5) is 20.2. The van der Waals surface area contributed by atoms with Gasteiger partial charge >= 0.3 is 5.69 Å². The Labute approximate surface area is 177 Å². The number of nitrogens with zero attached hydrogens (tertiary/aromatic N) is 3. The molecule has 0 aliphatic carbocycles. The third-order valence-corrected chi connectivity index (χ3v) is 5.41. The normalized spacial score (nSPS) is 12.3. The summed E-state index contributed by atoms with van der Waals surface area (Å²) in [5.41, 5.74) is 4.90. The molecule has 0 radical (unpaired) electrons. The average Bonchev–Trinajstić information content (AvgIpc) is 3.37. The minimum atomic E-state index is -0.275. The molecule has 0 saturated carbocycles. The molecule has 5 aromatic rings. The number of hydrogen-bond acceptors (Lipinski definition) is 3. The molecular weight excluding hydrogens is 398 g/mol. The minimum absolute atomic E-state index is 0.202. The van der Waals surface area contributed by atoms with E-state index in [1.807, 2.05) is 66.7 Å². The molecule has 1 atom stereocenters. The summed E-state index contributed by atoms with van der Waals surface area (Å²) in [6.07, 6.45) is 2.24. The standard InChI is InChI=1S/C23H18ClN5O/c24-17-10-8-16(9-11-17)21(29-22-19(26-23(29)30)7-4-12-25-22)14-18-13-20(28-27-18)15-5-2-1-3-6-15/h1-13,21H,14H2,(H,26,30)(H,27,28). The smallest absolute Gasteiger partial charge is 0.304 e. The average molecular weight is 416 g/mol. The molecule has 7 heteroatoms. The van der Waals surface area contributed by atoms with Crippen LogP contribution < -0.4 is 5.69 Å². The lowest BCUT2D eigenvalue weighted by atomic mass is 10.0. The van der Waals surface area contributed by atoms with E-state index < -0.39 is 0 Å². The van der Waals surface area contributed by atoms with Gasteiger partial charge in [-0.05, 0) is 35.9 Å². The van der Waals surface area contributed by atoms with Gasteiger partial charge in [0, 0.05) is 28.9 Å². The number of H-pyrrole nitrogens is 2. The SMILES string of the molecule is O=c1[nH]c2cccnc2n1C(Cc1cc(-c2ccccc2)n[nH]1)c1ccc(Cl)cc1. The fourth-order valence-electron chi connectivity index (χ4n) is 3.72. The summed E-state index contributed by atoms with van der Waals surface area (Å²) in [5.74, 6) is 0. The first-order valence-corrected chi connectivity index (χ1v) is 9.97. The van der Waals surface area contributed by atoms with E-state index in [9.17, 15) is 4.79 Å². The Hall–Kier alpha value is -3.64. The van der Waals surface area contributed by atoms with E-state index in [0.717, 1.165) is 22.5 Å². The van der Waals surface area contributed by atoms with Gasteiger partial charge in [-0.15, -0.1) is 0 Å². The first-order valence-electron chi connectivity index (χ1n) is 9.59. The summed E-state index contributed by atoms with van der Waals surface area (Å²) in [7, 11) is 0. The Kier molecular flexibility index (Phi) is 4.69. The maximum Gasteiger partial charge on any atom is 0.328 e. The highest BCUT2D eigenvalue weighted by Gasteiger charge is 2.21. The van der Waals surface area contributed by atoms with Crippen LogP contribution in [0, 0.1) is 0 Å². The molecule has 2 N–H and O–H groups in total. The molecule has 2 aromatic carbocycles. The van der Waals surface area contributed by atoms with E-state index in [2.05, 4.69) is 20.2 Å². The van der Waals surface area contributed by atoms with Crippen molar-refractivity contribution in [3.05, 3.63) is 106 Å². The summed E-state index contributed by atoms with van der Waals surface area (Å²) in [6, 6.07) is 22.9. The number of nitrogens with one attached hydrogen (secondary N) is 2. The highest BCUT2D eigenvalue weighted by atomic mass is 35.5. The Morgan fingerprint density at radius 3 is 2.60 bits per heavy atom. The van der Waals surface area contributed by atoms with E-state index in [1.165, 1.54) is 0 Å². The number of pyridine rings is 1. The van der Waals surface area contributed by atoms with E-state index >= 15 is 0 Å². The highest BCUT2D eigenvalue weighted by Crippen LogP contribution is 2.27. The fraction of sp³-hybridized carbons (Fsp3) is 0.0870. The van der Waals surface area contributed by atoms with Gasteiger partial charge in [0.05, 0.1) is 17.3 Å². The third kappa shape index (κ3) is 3.42. The van der Waals surface area contributed by atoms with Gasteiger partial charge in [-0.2, -0.15) is 5.10 Å². The maximum atomic E-state index is 12.9. The molecule has 0 aliphatic rings. The van der Waals surface area contributed by atoms with Crippen molar-refractivity contribution in [1.82, 2.24) is 24.7 Å². The number of aromatic nitrogens is 5. The van der Waals surface area contributed by atoms with E-state index in [0.29, 0.717) is 22.6 Å². The van der Waals surface area contributed by atoms with Crippen LogP contribution in [-0.4, -0.2) is 24.7 Å².